The number of aromatic nitrogens is 1. The molecule has 1 fully saturated rings. The van der Waals surface area contributed by atoms with Crippen LogP contribution in [0.3, 0.4) is 0 Å². The molecule has 3 aromatic carbocycles. The minimum atomic E-state index is -1.47. The molecule has 3 heterocycles. The molecule has 3 atom stereocenters. The number of para-hydroxylation sites is 2. The predicted octanol–water partition coefficient (Wildman–Crippen LogP) is 4.01. The van der Waals surface area contributed by atoms with Crippen LogP contribution in [0, 0.1) is 6.92 Å². The summed E-state index contributed by atoms with van der Waals surface area (Å²) in [5.41, 5.74) is 4.46. The van der Waals surface area contributed by atoms with Crippen LogP contribution < -0.4 is 10.2 Å². The predicted molar refractivity (Wildman–Crippen MR) is 156 cm³/mol. The van der Waals surface area contributed by atoms with Crippen molar-refractivity contribution in [3.8, 4) is 0 Å². The fraction of sp³-hybridized carbons (Fsp3) is 0.219. The van der Waals surface area contributed by atoms with Crippen LogP contribution in [-0.2, 0) is 20.8 Å². The first-order valence-electron chi connectivity index (χ1n) is 13.8. The van der Waals surface area contributed by atoms with E-state index in [1.165, 1.54) is 18.2 Å². The van der Waals surface area contributed by atoms with Crippen molar-refractivity contribution in [3.63, 3.8) is 0 Å². The minimum absolute atomic E-state index is 0.0166. The molecular weight excluding hydrogens is 552 g/mol. The molecular formula is C32H28N4O7. The average Bonchev–Trinajstić information content (AvgIpc) is 3.48. The van der Waals surface area contributed by atoms with Gasteiger partial charge in [0.05, 0.1) is 11.3 Å². The first-order chi connectivity index (χ1) is 20.7. The van der Waals surface area contributed by atoms with Gasteiger partial charge in [0.15, 0.2) is 0 Å². The van der Waals surface area contributed by atoms with Crippen LogP contribution in [0.2, 0.25) is 0 Å². The second kappa shape index (κ2) is 10.8. The SMILES string of the molecule is Cc1ccc(C2c3[nH]c4ccccc4c3CC3C(=O)N(c4ccccc4C(=O)NC(CCC(=O)O)C(=O)O)C(=O)N32)cc1. The molecule has 0 saturated carbocycles. The van der Waals surface area contributed by atoms with Crippen molar-refractivity contribution < 1.29 is 34.2 Å². The number of aromatic amines is 1. The summed E-state index contributed by atoms with van der Waals surface area (Å²) in [7, 11) is 0. The molecule has 0 bridgehead atoms. The third-order valence-electron chi connectivity index (χ3n) is 8.08. The largest absolute Gasteiger partial charge is 0.481 e. The number of nitrogens with one attached hydrogen (secondary N) is 2. The van der Waals surface area contributed by atoms with E-state index in [1.807, 2.05) is 55.5 Å². The normalized spacial score (nSPS) is 18.3. The topological polar surface area (TPSA) is 160 Å². The number of fused-ring (bicyclic) bond motifs is 4. The molecule has 2 aliphatic rings. The number of carbonyl (C=O) groups is 5. The van der Waals surface area contributed by atoms with Crippen molar-refractivity contribution in [2.45, 2.75) is 44.3 Å². The van der Waals surface area contributed by atoms with Crippen LogP contribution in [0.25, 0.3) is 10.9 Å². The summed E-state index contributed by atoms with van der Waals surface area (Å²) in [6.07, 6.45) is -0.527. The Labute approximate surface area is 245 Å². The van der Waals surface area contributed by atoms with E-state index in [2.05, 4.69) is 10.3 Å². The summed E-state index contributed by atoms with van der Waals surface area (Å²) < 4.78 is 0. The standard InChI is InChI=1S/C32H28N4O7/c1-17-10-12-18(13-11-17)28-27-21(19-6-2-4-8-22(19)33-27)16-25-30(40)36(32(43)35(25)28)24-9-5-3-7-20(24)29(39)34-23(31(41)42)14-15-26(37)38/h2-13,23,25,28,33H,14-16H2,1H3,(H,34,39)(H,37,38)(H,41,42). The number of anilines is 1. The van der Waals surface area contributed by atoms with Crippen LogP contribution in [0.4, 0.5) is 10.5 Å². The molecule has 2 aliphatic heterocycles. The maximum absolute atomic E-state index is 14.2. The number of carbonyl (C=O) groups excluding carboxylic acids is 3. The second-order valence-electron chi connectivity index (χ2n) is 10.8. The molecule has 4 N–H and O–H groups in total. The van der Waals surface area contributed by atoms with Crippen molar-refractivity contribution >= 4 is 46.4 Å². The van der Waals surface area contributed by atoms with Crippen LogP contribution in [0.1, 0.15) is 51.6 Å². The van der Waals surface area contributed by atoms with E-state index in [0.29, 0.717) is 0 Å². The van der Waals surface area contributed by atoms with Gasteiger partial charge in [0.2, 0.25) is 0 Å². The number of hydrogen-bond acceptors (Lipinski definition) is 5. The molecule has 0 spiro atoms. The number of benzene rings is 3. The Bertz CT molecular complexity index is 1800. The highest BCUT2D eigenvalue weighted by atomic mass is 16.4. The van der Waals surface area contributed by atoms with E-state index in [1.54, 1.807) is 11.0 Å². The average molecular weight is 581 g/mol. The molecule has 1 saturated heterocycles. The molecule has 0 aliphatic carbocycles. The number of imide groups is 1. The van der Waals surface area contributed by atoms with Gasteiger partial charge < -0.3 is 20.5 Å². The number of H-pyrrole nitrogens is 1. The number of urea groups is 1. The van der Waals surface area contributed by atoms with Gasteiger partial charge in [0.1, 0.15) is 18.1 Å². The Morgan fingerprint density at radius 1 is 0.977 bits per heavy atom. The Hall–Kier alpha value is -5.45. The highest BCUT2D eigenvalue weighted by Gasteiger charge is 2.53. The van der Waals surface area contributed by atoms with Gasteiger partial charge in [-0.25, -0.2) is 14.5 Å². The lowest BCUT2D eigenvalue weighted by atomic mass is 9.88. The summed E-state index contributed by atoms with van der Waals surface area (Å²) in [4.78, 5) is 70.4. The molecule has 4 aromatic rings. The van der Waals surface area contributed by atoms with E-state index in [9.17, 15) is 29.1 Å². The number of rotatable bonds is 8. The Morgan fingerprint density at radius 3 is 2.40 bits per heavy atom. The lowest BCUT2D eigenvalue weighted by Crippen LogP contribution is -2.44. The molecule has 6 rings (SSSR count). The molecule has 3 unspecified atom stereocenters. The molecule has 1 aromatic heterocycles. The molecule has 218 valence electrons. The fourth-order valence-electron chi connectivity index (χ4n) is 6.01. The van der Waals surface area contributed by atoms with Gasteiger partial charge in [-0.3, -0.25) is 19.3 Å². The summed E-state index contributed by atoms with van der Waals surface area (Å²) >= 11 is 0. The summed E-state index contributed by atoms with van der Waals surface area (Å²) in [6.45, 7) is 1.96. The molecule has 11 heteroatoms. The number of carboxylic acids is 2. The van der Waals surface area contributed by atoms with Crippen LogP contribution in [0.5, 0.6) is 0 Å². The van der Waals surface area contributed by atoms with Crippen molar-refractivity contribution in [1.82, 2.24) is 15.2 Å². The van der Waals surface area contributed by atoms with Gasteiger partial charge in [-0.05, 0) is 42.7 Å². The van der Waals surface area contributed by atoms with Gasteiger partial charge in [-0.1, -0.05) is 60.2 Å². The zero-order valence-electron chi connectivity index (χ0n) is 23.1. The van der Waals surface area contributed by atoms with E-state index >= 15 is 0 Å². The quantitative estimate of drug-likeness (QED) is 0.229. The summed E-state index contributed by atoms with van der Waals surface area (Å²) in [5.74, 6) is -3.94. The number of amides is 4. The maximum atomic E-state index is 14.2. The van der Waals surface area contributed by atoms with Crippen molar-refractivity contribution in [1.29, 1.82) is 0 Å². The number of carboxylic acid groups (broad SMARTS) is 2. The number of aryl methyl sites for hydroxylation is 1. The first kappa shape index (κ1) is 27.7. The highest BCUT2D eigenvalue weighted by molar-refractivity contribution is 6.24. The number of nitrogens with zero attached hydrogens (tertiary/aromatic N) is 2. The zero-order valence-corrected chi connectivity index (χ0v) is 23.1. The fourth-order valence-corrected chi connectivity index (χ4v) is 6.01. The highest BCUT2D eigenvalue weighted by Crippen LogP contribution is 2.45. The van der Waals surface area contributed by atoms with Gasteiger partial charge in [-0.15, -0.1) is 0 Å². The zero-order chi connectivity index (χ0) is 30.4. The third-order valence-corrected chi connectivity index (χ3v) is 8.08. The Kier molecular flexibility index (Phi) is 6.93. The van der Waals surface area contributed by atoms with Crippen molar-refractivity contribution in [2.24, 2.45) is 0 Å². The smallest absolute Gasteiger partial charge is 0.332 e. The Balaban J connectivity index is 1.40. The van der Waals surface area contributed by atoms with E-state index in [-0.39, 0.29) is 24.1 Å². The van der Waals surface area contributed by atoms with Crippen LogP contribution >= 0.6 is 0 Å². The van der Waals surface area contributed by atoms with Gasteiger partial charge in [-0.2, -0.15) is 0 Å². The summed E-state index contributed by atoms with van der Waals surface area (Å²) in [6, 6.07) is 18.0. The molecule has 0 radical (unpaired) electrons. The number of aliphatic carboxylic acids is 2. The minimum Gasteiger partial charge on any atom is -0.481 e. The summed E-state index contributed by atoms with van der Waals surface area (Å²) in [5, 5.41) is 21.8. The van der Waals surface area contributed by atoms with Crippen molar-refractivity contribution in [2.75, 3.05) is 4.90 Å². The third kappa shape index (κ3) is 4.78. The monoisotopic (exact) mass is 580 g/mol. The van der Waals surface area contributed by atoms with Crippen molar-refractivity contribution in [3.05, 3.63) is 101 Å². The maximum Gasteiger partial charge on any atom is 0.332 e. The first-order valence-corrected chi connectivity index (χ1v) is 13.8. The van der Waals surface area contributed by atoms with Crippen LogP contribution in [-0.4, -0.2) is 62.0 Å². The van der Waals surface area contributed by atoms with Gasteiger partial charge >= 0.3 is 18.0 Å². The van der Waals surface area contributed by atoms with E-state index in [0.717, 1.165) is 38.2 Å². The number of hydrogen-bond donors (Lipinski definition) is 4. The lowest BCUT2D eigenvalue weighted by molar-refractivity contribution is -0.140. The Morgan fingerprint density at radius 2 is 1.67 bits per heavy atom. The molecule has 4 amide bonds. The van der Waals surface area contributed by atoms with E-state index < -0.39 is 54.3 Å². The molecule has 11 nitrogen and oxygen atoms in total. The van der Waals surface area contributed by atoms with Gasteiger partial charge in [0.25, 0.3) is 11.8 Å². The van der Waals surface area contributed by atoms with E-state index in [4.69, 9.17) is 5.11 Å². The van der Waals surface area contributed by atoms with Crippen LogP contribution in [0.15, 0.2) is 72.8 Å². The second-order valence-corrected chi connectivity index (χ2v) is 10.8. The lowest BCUT2D eigenvalue weighted by Gasteiger charge is -2.36. The molecule has 43 heavy (non-hydrogen) atoms. The van der Waals surface area contributed by atoms with Gasteiger partial charge in [0, 0.05) is 29.4 Å².